The van der Waals surface area contributed by atoms with Crippen LogP contribution in [0.2, 0.25) is 0 Å². The van der Waals surface area contributed by atoms with Crippen LogP contribution < -0.4 is 10.6 Å². The Balaban J connectivity index is 0.00000144. The molecule has 1 aromatic carbocycles. The monoisotopic (exact) mass is 321 g/mol. The van der Waals surface area contributed by atoms with Crippen molar-refractivity contribution < 1.29 is 4.79 Å². The summed E-state index contributed by atoms with van der Waals surface area (Å²) >= 11 is 0. The van der Waals surface area contributed by atoms with Crippen LogP contribution in [0.3, 0.4) is 0 Å². The molecule has 6 nitrogen and oxygen atoms in total. The van der Waals surface area contributed by atoms with Crippen molar-refractivity contribution in [3.05, 3.63) is 23.8 Å². The predicted octanol–water partition coefficient (Wildman–Crippen LogP) is 1.40. The lowest BCUT2D eigenvalue weighted by Gasteiger charge is -2.29. The van der Waals surface area contributed by atoms with E-state index in [1.165, 1.54) is 12.8 Å². The Morgan fingerprint density at radius 2 is 2.05 bits per heavy atom. The molecule has 2 fully saturated rings. The third-order valence-corrected chi connectivity index (χ3v) is 4.68. The van der Waals surface area contributed by atoms with Gasteiger partial charge in [-0.3, -0.25) is 4.79 Å². The average molecular weight is 322 g/mol. The Labute approximate surface area is 135 Å². The summed E-state index contributed by atoms with van der Waals surface area (Å²) in [4.78, 5) is 12.4. The first kappa shape index (κ1) is 15.2. The molecule has 0 radical (unpaired) electrons. The summed E-state index contributed by atoms with van der Waals surface area (Å²) in [7, 11) is 1.85. The number of carbonyl (C=O) groups excluding carboxylic acids is 1. The van der Waals surface area contributed by atoms with E-state index in [0.29, 0.717) is 17.6 Å². The lowest BCUT2D eigenvalue weighted by molar-refractivity contribution is 0.0924. The Morgan fingerprint density at radius 1 is 1.32 bits per heavy atom. The second-order valence-corrected chi connectivity index (χ2v) is 6.20. The maximum absolute atomic E-state index is 12.4. The molecule has 2 atom stereocenters. The fourth-order valence-corrected chi connectivity index (χ4v) is 3.63. The first-order valence-electron chi connectivity index (χ1n) is 7.55. The molecule has 3 heterocycles. The van der Waals surface area contributed by atoms with Crippen LogP contribution in [0.4, 0.5) is 0 Å². The fourth-order valence-electron chi connectivity index (χ4n) is 3.63. The number of fused-ring (bicyclic) bond motifs is 3. The van der Waals surface area contributed by atoms with Gasteiger partial charge in [0.05, 0.1) is 5.52 Å². The van der Waals surface area contributed by atoms with Crippen LogP contribution in [0.15, 0.2) is 18.2 Å². The zero-order valence-electron chi connectivity index (χ0n) is 12.5. The van der Waals surface area contributed by atoms with E-state index in [2.05, 4.69) is 20.9 Å². The number of hydrogen-bond acceptors (Lipinski definition) is 4. The number of rotatable bonds is 2. The van der Waals surface area contributed by atoms with Crippen molar-refractivity contribution in [2.75, 3.05) is 0 Å². The van der Waals surface area contributed by atoms with Crippen molar-refractivity contribution in [2.24, 2.45) is 7.05 Å². The van der Waals surface area contributed by atoms with Crippen molar-refractivity contribution in [2.45, 2.75) is 43.8 Å². The molecule has 118 valence electrons. The molecular weight excluding hydrogens is 302 g/mol. The van der Waals surface area contributed by atoms with Crippen LogP contribution in [0, 0.1) is 0 Å². The minimum atomic E-state index is -0.00569. The number of piperidine rings is 1. The highest BCUT2D eigenvalue weighted by Crippen LogP contribution is 2.27. The van der Waals surface area contributed by atoms with E-state index in [-0.39, 0.29) is 24.4 Å². The molecule has 2 aromatic rings. The summed E-state index contributed by atoms with van der Waals surface area (Å²) in [5.41, 5.74) is 2.36. The normalized spacial score (nSPS) is 26.7. The van der Waals surface area contributed by atoms with E-state index in [1.54, 1.807) is 4.68 Å². The highest BCUT2D eigenvalue weighted by atomic mass is 35.5. The number of nitrogens with one attached hydrogen (secondary N) is 2. The quantitative estimate of drug-likeness (QED) is 0.877. The van der Waals surface area contributed by atoms with Gasteiger partial charge in [-0.05, 0) is 43.9 Å². The van der Waals surface area contributed by atoms with Gasteiger partial charge in [-0.15, -0.1) is 17.5 Å². The van der Waals surface area contributed by atoms with Crippen LogP contribution in [-0.4, -0.2) is 39.0 Å². The number of hydrogen-bond donors (Lipinski definition) is 2. The molecule has 2 aliphatic rings. The fraction of sp³-hybridized carbons (Fsp3) is 0.533. The van der Waals surface area contributed by atoms with Gasteiger partial charge in [-0.1, -0.05) is 5.21 Å². The van der Waals surface area contributed by atoms with Crippen molar-refractivity contribution in [3.63, 3.8) is 0 Å². The second-order valence-electron chi connectivity index (χ2n) is 6.20. The van der Waals surface area contributed by atoms with E-state index >= 15 is 0 Å². The molecule has 4 rings (SSSR count). The van der Waals surface area contributed by atoms with Gasteiger partial charge in [-0.2, -0.15) is 0 Å². The summed E-state index contributed by atoms with van der Waals surface area (Å²) in [6.07, 6.45) is 4.55. The summed E-state index contributed by atoms with van der Waals surface area (Å²) in [5, 5.41) is 14.8. The van der Waals surface area contributed by atoms with Crippen LogP contribution in [-0.2, 0) is 7.05 Å². The largest absolute Gasteiger partial charge is 0.349 e. The SMILES string of the molecule is Cl.Cn1nnc2cc(C(=O)NC3CC4CCC(C3)N4)ccc21. The number of nitrogens with zero attached hydrogens (tertiary/aromatic N) is 3. The van der Waals surface area contributed by atoms with Crippen LogP contribution in [0.1, 0.15) is 36.0 Å². The lowest BCUT2D eigenvalue weighted by Crippen LogP contribution is -2.48. The molecule has 2 unspecified atom stereocenters. The topological polar surface area (TPSA) is 71.8 Å². The van der Waals surface area contributed by atoms with Gasteiger partial charge >= 0.3 is 0 Å². The standard InChI is InChI=1S/C15H19N5O.ClH/c1-20-14-5-2-9(6-13(14)18-19-20)15(21)17-12-7-10-3-4-11(8-12)16-10;/h2,5-6,10-12,16H,3-4,7-8H2,1H3,(H,17,21);1H. The molecule has 1 amide bonds. The predicted molar refractivity (Wildman–Crippen MR) is 86.2 cm³/mol. The third kappa shape index (κ3) is 2.68. The van der Waals surface area contributed by atoms with Crippen molar-refractivity contribution >= 4 is 29.3 Å². The summed E-state index contributed by atoms with van der Waals surface area (Å²) in [5.74, 6) is -0.00569. The number of benzene rings is 1. The first-order chi connectivity index (χ1) is 10.2. The minimum absolute atomic E-state index is 0. The Hall–Kier alpha value is -1.66. The van der Waals surface area contributed by atoms with Gasteiger partial charge in [0.25, 0.3) is 5.91 Å². The zero-order chi connectivity index (χ0) is 14.4. The second kappa shape index (κ2) is 5.85. The molecule has 0 aliphatic carbocycles. The summed E-state index contributed by atoms with van der Waals surface area (Å²) in [6, 6.07) is 7.00. The molecule has 2 aliphatic heterocycles. The van der Waals surface area contributed by atoms with Gasteiger partial charge in [0.1, 0.15) is 5.52 Å². The molecule has 2 N–H and O–H groups in total. The molecule has 7 heteroatoms. The van der Waals surface area contributed by atoms with Crippen LogP contribution in [0.25, 0.3) is 11.0 Å². The minimum Gasteiger partial charge on any atom is -0.349 e. The van der Waals surface area contributed by atoms with Gasteiger partial charge in [0, 0.05) is 30.7 Å². The molecule has 0 saturated carbocycles. The number of carbonyl (C=O) groups is 1. The molecular formula is C15H20ClN5O. The molecule has 1 aromatic heterocycles. The van der Waals surface area contributed by atoms with Crippen LogP contribution >= 0.6 is 12.4 Å². The highest BCUT2D eigenvalue weighted by molar-refractivity contribution is 5.97. The summed E-state index contributed by atoms with van der Waals surface area (Å²) < 4.78 is 1.71. The van der Waals surface area contributed by atoms with Crippen molar-refractivity contribution in [3.8, 4) is 0 Å². The molecule has 2 saturated heterocycles. The third-order valence-electron chi connectivity index (χ3n) is 4.68. The molecule has 0 spiro atoms. The Kier molecular flexibility index (Phi) is 4.06. The highest BCUT2D eigenvalue weighted by Gasteiger charge is 2.34. The van der Waals surface area contributed by atoms with E-state index in [9.17, 15) is 4.79 Å². The van der Waals surface area contributed by atoms with Crippen molar-refractivity contribution in [1.82, 2.24) is 25.6 Å². The van der Waals surface area contributed by atoms with E-state index in [1.807, 2.05) is 25.2 Å². The van der Waals surface area contributed by atoms with E-state index < -0.39 is 0 Å². The van der Waals surface area contributed by atoms with Gasteiger partial charge in [0.15, 0.2) is 0 Å². The van der Waals surface area contributed by atoms with Crippen molar-refractivity contribution in [1.29, 1.82) is 0 Å². The maximum atomic E-state index is 12.4. The number of halogens is 1. The molecule has 22 heavy (non-hydrogen) atoms. The zero-order valence-corrected chi connectivity index (χ0v) is 13.3. The number of aromatic nitrogens is 3. The number of amides is 1. The van der Waals surface area contributed by atoms with Gasteiger partial charge in [-0.25, -0.2) is 4.68 Å². The molecule has 2 bridgehead atoms. The van der Waals surface area contributed by atoms with Crippen LogP contribution in [0.5, 0.6) is 0 Å². The van der Waals surface area contributed by atoms with Gasteiger partial charge < -0.3 is 10.6 Å². The summed E-state index contributed by atoms with van der Waals surface area (Å²) in [6.45, 7) is 0. The lowest BCUT2D eigenvalue weighted by atomic mass is 9.99. The van der Waals surface area contributed by atoms with Gasteiger partial charge in [0.2, 0.25) is 0 Å². The average Bonchev–Trinajstić information content (AvgIpc) is 3.02. The van der Waals surface area contributed by atoms with E-state index in [0.717, 1.165) is 23.9 Å². The number of aryl methyl sites for hydroxylation is 1. The Morgan fingerprint density at radius 3 is 2.77 bits per heavy atom. The first-order valence-corrected chi connectivity index (χ1v) is 7.55. The van der Waals surface area contributed by atoms with E-state index in [4.69, 9.17) is 0 Å². The Bertz CT molecular complexity index is 688. The maximum Gasteiger partial charge on any atom is 0.251 e. The smallest absolute Gasteiger partial charge is 0.251 e.